The Morgan fingerprint density at radius 2 is 1.52 bits per heavy atom. The number of pyridine rings is 1. The van der Waals surface area contributed by atoms with Gasteiger partial charge in [0.1, 0.15) is 12.6 Å². The summed E-state index contributed by atoms with van der Waals surface area (Å²) in [4.78, 5) is 0. The van der Waals surface area contributed by atoms with E-state index >= 15 is 0 Å². The minimum Gasteiger partial charge on any atom is -0.449 e. The molecule has 3 aromatic carbocycles. The number of aromatic nitrogens is 1. The predicted molar refractivity (Wildman–Crippen MR) is 103 cm³/mol. The lowest BCUT2D eigenvalue weighted by atomic mass is 9.97. The summed E-state index contributed by atoms with van der Waals surface area (Å²) in [6, 6.07) is 23.3. The molecule has 0 radical (unpaired) electrons. The Hall–Kier alpha value is -3.13. The summed E-state index contributed by atoms with van der Waals surface area (Å²) in [5.74, 6) is 0. The van der Waals surface area contributed by atoms with Crippen molar-refractivity contribution in [3.8, 4) is 11.3 Å². The SMILES string of the molecule is Cc1c(-c2c3oc4ccccc4c3cc[n+]2C)ccc2ccccc12. The minimum atomic E-state index is 0.934. The third-order valence-electron chi connectivity index (χ3n) is 5.12. The van der Waals surface area contributed by atoms with E-state index in [-0.39, 0.29) is 0 Å². The molecule has 25 heavy (non-hydrogen) atoms. The summed E-state index contributed by atoms with van der Waals surface area (Å²) in [6.07, 6.45) is 2.12. The molecule has 0 unspecified atom stereocenters. The van der Waals surface area contributed by atoms with Crippen molar-refractivity contribution in [1.82, 2.24) is 0 Å². The number of rotatable bonds is 1. The van der Waals surface area contributed by atoms with Crippen LogP contribution in [0.5, 0.6) is 0 Å². The van der Waals surface area contributed by atoms with Crippen LogP contribution in [0.4, 0.5) is 0 Å². The van der Waals surface area contributed by atoms with Gasteiger partial charge in [-0.3, -0.25) is 0 Å². The first-order valence-corrected chi connectivity index (χ1v) is 8.52. The molecule has 0 aliphatic carbocycles. The molecule has 0 amide bonds. The Labute approximate surface area is 145 Å². The highest BCUT2D eigenvalue weighted by atomic mass is 16.3. The Morgan fingerprint density at radius 3 is 2.40 bits per heavy atom. The highest BCUT2D eigenvalue weighted by Crippen LogP contribution is 2.36. The lowest BCUT2D eigenvalue weighted by Crippen LogP contribution is -2.30. The number of aryl methyl sites for hydroxylation is 2. The van der Waals surface area contributed by atoms with Crippen molar-refractivity contribution in [1.29, 1.82) is 0 Å². The van der Waals surface area contributed by atoms with E-state index in [2.05, 4.69) is 79.3 Å². The van der Waals surface area contributed by atoms with Gasteiger partial charge < -0.3 is 4.42 Å². The topological polar surface area (TPSA) is 17.0 Å². The maximum atomic E-state index is 6.27. The summed E-state index contributed by atoms with van der Waals surface area (Å²) in [5, 5.41) is 4.88. The Kier molecular flexibility index (Phi) is 2.95. The molecule has 0 saturated carbocycles. The Balaban J connectivity index is 1.92. The second-order valence-corrected chi connectivity index (χ2v) is 6.58. The van der Waals surface area contributed by atoms with Gasteiger partial charge in [0.2, 0.25) is 5.58 Å². The first-order chi connectivity index (χ1) is 12.2. The summed E-state index contributed by atoms with van der Waals surface area (Å²) >= 11 is 0. The second kappa shape index (κ2) is 5.18. The van der Waals surface area contributed by atoms with Gasteiger partial charge in [-0.15, -0.1) is 0 Å². The van der Waals surface area contributed by atoms with Crippen LogP contribution in [0.1, 0.15) is 5.56 Å². The highest BCUT2D eigenvalue weighted by Gasteiger charge is 2.22. The molecule has 0 bridgehead atoms. The van der Waals surface area contributed by atoms with Gasteiger partial charge in [-0.1, -0.05) is 48.5 Å². The van der Waals surface area contributed by atoms with Gasteiger partial charge in [-0.25, -0.2) is 0 Å². The fourth-order valence-electron chi connectivity index (χ4n) is 3.82. The summed E-state index contributed by atoms with van der Waals surface area (Å²) < 4.78 is 8.42. The molecular weight excluding hydrogens is 306 g/mol. The van der Waals surface area contributed by atoms with Crippen LogP contribution in [0.3, 0.4) is 0 Å². The number of para-hydroxylation sites is 1. The standard InChI is InChI=1S/C23H18NO/c1-15-17-8-4-3-7-16(17)11-12-18(15)22-23-20(13-14-24(22)2)19-9-5-6-10-21(19)25-23/h3-14H,1-2H3/q+1. The molecule has 5 aromatic rings. The number of nitrogens with zero attached hydrogens (tertiary/aromatic N) is 1. The van der Waals surface area contributed by atoms with Crippen molar-refractivity contribution in [3.63, 3.8) is 0 Å². The zero-order valence-corrected chi connectivity index (χ0v) is 14.3. The lowest BCUT2D eigenvalue weighted by Gasteiger charge is -2.08. The Morgan fingerprint density at radius 1 is 0.760 bits per heavy atom. The summed E-state index contributed by atoms with van der Waals surface area (Å²) in [6.45, 7) is 2.19. The van der Waals surface area contributed by atoms with Gasteiger partial charge in [0, 0.05) is 16.8 Å². The second-order valence-electron chi connectivity index (χ2n) is 6.58. The van der Waals surface area contributed by atoms with Crippen molar-refractivity contribution in [2.45, 2.75) is 6.92 Å². The van der Waals surface area contributed by atoms with Crippen molar-refractivity contribution in [2.24, 2.45) is 7.05 Å². The molecule has 0 aliphatic heterocycles. The highest BCUT2D eigenvalue weighted by molar-refractivity contribution is 6.08. The van der Waals surface area contributed by atoms with E-state index in [1.807, 2.05) is 12.1 Å². The van der Waals surface area contributed by atoms with Crippen LogP contribution in [-0.4, -0.2) is 0 Å². The zero-order chi connectivity index (χ0) is 17.0. The fourth-order valence-corrected chi connectivity index (χ4v) is 3.82. The lowest BCUT2D eigenvalue weighted by molar-refractivity contribution is -0.659. The molecule has 2 heterocycles. The molecule has 2 nitrogen and oxygen atoms in total. The van der Waals surface area contributed by atoms with Crippen LogP contribution in [0.25, 0.3) is 44.0 Å². The average molecular weight is 324 g/mol. The normalized spacial score (nSPS) is 11.6. The minimum absolute atomic E-state index is 0.934. The summed E-state index contributed by atoms with van der Waals surface area (Å²) in [5.41, 5.74) is 5.50. The van der Waals surface area contributed by atoms with Gasteiger partial charge >= 0.3 is 0 Å². The Bertz CT molecular complexity index is 1260. The number of hydrogen-bond acceptors (Lipinski definition) is 1. The van der Waals surface area contributed by atoms with E-state index < -0.39 is 0 Å². The van der Waals surface area contributed by atoms with E-state index in [1.165, 1.54) is 21.9 Å². The average Bonchev–Trinajstić information content (AvgIpc) is 3.01. The van der Waals surface area contributed by atoms with Crippen molar-refractivity contribution < 1.29 is 8.98 Å². The van der Waals surface area contributed by atoms with E-state index in [0.717, 1.165) is 27.6 Å². The zero-order valence-electron chi connectivity index (χ0n) is 14.3. The van der Waals surface area contributed by atoms with Crippen LogP contribution in [-0.2, 0) is 7.05 Å². The van der Waals surface area contributed by atoms with Gasteiger partial charge in [0.15, 0.2) is 6.20 Å². The van der Waals surface area contributed by atoms with Gasteiger partial charge in [0.25, 0.3) is 5.69 Å². The third kappa shape index (κ3) is 2.01. The van der Waals surface area contributed by atoms with Gasteiger partial charge in [-0.2, -0.15) is 4.57 Å². The molecule has 2 aromatic heterocycles. The van der Waals surface area contributed by atoms with Crippen molar-refractivity contribution in [2.75, 3.05) is 0 Å². The van der Waals surface area contributed by atoms with Gasteiger partial charge in [0.05, 0.1) is 5.56 Å². The molecule has 5 rings (SSSR count). The van der Waals surface area contributed by atoms with Crippen LogP contribution >= 0.6 is 0 Å². The maximum absolute atomic E-state index is 6.27. The molecule has 0 N–H and O–H groups in total. The smallest absolute Gasteiger partial charge is 0.256 e. The fraction of sp³-hybridized carbons (Fsp3) is 0.0870. The molecule has 0 fully saturated rings. The van der Waals surface area contributed by atoms with Crippen LogP contribution in [0.2, 0.25) is 0 Å². The molecule has 0 atom stereocenters. The molecule has 0 spiro atoms. The molecular formula is C23H18NO+. The molecule has 0 saturated heterocycles. The third-order valence-corrected chi connectivity index (χ3v) is 5.12. The number of furan rings is 1. The first kappa shape index (κ1) is 14.2. The first-order valence-electron chi connectivity index (χ1n) is 8.52. The molecule has 0 aliphatic rings. The van der Waals surface area contributed by atoms with Crippen LogP contribution < -0.4 is 4.57 Å². The maximum Gasteiger partial charge on any atom is 0.256 e. The van der Waals surface area contributed by atoms with Gasteiger partial charge in [-0.05, 0) is 35.4 Å². The van der Waals surface area contributed by atoms with Crippen LogP contribution in [0.15, 0.2) is 77.3 Å². The van der Waals surface area contributed by atoms with E-state index in [1.54, 1.807) is 0 Å². The number of benzene rings is 3. The van der Waals surface area contributed by atoms with E-state index in [9.17, 15) is 0 Å². The van der Waals surface area contributed by atoms with Crippen molar-refractivity contribution in [3.05, 3.63) is 78.5 Å². The number of hydrogen-bond donors (Lipinski definition) is 0. The van der Waals surface area contributed by atoms with Crippen LogP contribution in [0, 0.1) is 6.92 Å². The van der Waals surface area contributed by atoms with Crippen molar-refractivity contribution >= 4 is 32.7 Å². The number of fused-ring (bicyclic) bond motifs is 4. The molecule has 120 valence electrons. The molecule has 2 heteroatoms. The quantitative estimate of drug-likeness (QED) is 0.370. The van der Waals surface area contributed by atoms with E-state index in [0.29, 0.717) is 0 Å². The summed E-state index contributed by atoms with van der Waals surface area (Å²) in [7, 11) is 2.08. The largest absolute Gasteiger partial charge is 0.449 e. The predicted octanol–water partition coefficient (Wildman–Crippen LogP) is 5.54. The monoisotopic (exact) mass is 324 g/mol. The van der Waals surface area contributed by atoms with E-state index in [4.69, 9.17) is 4.42 Å².